The van der Waals surface area contributed by atoms with Crippen molar-refractivity contribution in [1.29, 1.82) is 0 Å². The first-order valence-electron chi connectivity index (χ1n) is 7.01. The lowest BCUT2D eigenvalue weighted by molar-refractivity contribution is 0.0983. The Kier molecular flexibility index (Phi) is 4.24. The number of carbonyl (C=O) groups excluding carboxylic acids is 1. The quantitative estimate of drug-likeness (QED) is 0.856. The van der Waals surface area contributed by atoms with E-state index in [-0.39, 0.29) is 11.7 Å². The van der Waals surface area contributed by atoms with Crippen LogP contribution in [0.4, 0.5) is 5.69 Å². The fraction of sp³-hybridized carbons (Fsp3) is 0.118. The summed E-state index contributed by atoms with van der Waals surface area (Å²) in [6.45, 7) is 0. The van der Waals surface area contributed by atoms with Crippen molar-refractivity contribution in [3.63, 3.8) is 0 Å². The highest BCUT2D eigenvalue weighted by Gasteiger charge is 2.31. The average Bonchev–Trinajstić information content (AvgIpc) is 2.90. The summed E-state index contributed by atoms with van der Waals surface area (Å²) in [5.74, 6) is -0.367. The van der Waals surface area contributed by atoms with Crippen molar-refractivity contribution in [3.8, 4) is 0 Å². The van der Waals surface area contributed by atoms with Crippen molar-refractivity contribution >= 4 is 33.0 Å². The van der Waals surface area contributed by atoms with Crippen LogP contribution in [0.3, 0.4) is 0 Å². The summed E-state index contributed by atoms with van der Waals surface area (Å²) >= 11 is 5.90. The normalized spacial score (nSPS) is 18.7. The van der Waals surface area contributed by atoms with Crippen molar-refractivity contribution in [2.45, 2.75) is 6.04 Å². The van der Waals surface area contributed by atoms with Crippen LogP contribution in [0.15, 0.2) is 66.1 Å². The van der Waals surface area contributed by atoms with Gasteiger partial charge in [-0.15, -0.1) is 0 Å². The number of halogens is 1. The van der Waals surface area contributed by atoms with Gasteiger partial charge in [-0.3, -0.25) is 4.79 Å². The number of rotatable bonds is 3. The molecule has 0 bridgehead atoms. The zero-order valence-corrected chi connectivity index (χ0v) is 13.7. The molecule has 1 aliphatic heterocycles. The molecule has 118 valence electrons. The summed E-state index contributed by atoms with van der Waals surface area (Å²) in [4.78, 5) is 14.4. The second-order valence-electron chi connectivity index (χ2n) is 5.24. The molecular weight excluding hydrogens is 334 g/mol. The number of hydrogen-bond donors (Lipinski definition) is 0. The van der Waals surface area contributed by atoms with Crippen LogP contribution in [0.2, 0.25) is 5.02 Å². The standard InChI is InChI=1S/C17H14ClNO3S/c18-14-6-8-15(9-7-14)19(16-10-11-23(21,22)12-16)17(20)13-4-2-1-3-5-13/h1-11,16H,12H2/t16-/m1/s1. The lowest BCUT2D eigenvalue weighted by atomic mass is 10.1. The number of sulfone groups is 1. The smallest absolute Gasteiger partial charge is 0.258 e. The molecule has 0 N–H and O–H groups in total. The third kappa shape index (κ3) is 3.46. The Balaban J connectivity index is 2.02. The average molecular weight is 348 g/mol. The lowest BCUT2D eigenvalue weighted by Gasteiger charge is -2.27. The Morgan fingerprint density at radius 2 is 1.70 bits per heavy atom. The molecule has 1 aliphatic rings. The Morgan fingerprint density at radius 3 is 2.26 bits per heavy atom. The van der Waals surface area contributed by atoms with Gasteiger partial charge in [-0.05, 0) is 42.5 Å². The molecule has 0 spiro atoms. The SMILES string of the molecule is O=C(c1ccccc1)N(c1ccc(Cl)cc1)[C@@H]1C=CS(=O)(=O)C1. The highest BCUT2D eigenvalue weighted by atomic mass is 35.5. The minimum Gasteiger partial charge on any atom is -0.300 e. The van der Waals surface area contributed by atoms with E-state index in [1.165, 1.54) is 10.3 Å². The first-order chi connectivity index (χ1) is 11.0. The Bertz CT molecular complexity index is 845. The predicted octanol–water partition coefficient (Wildman–Crippen LogP) is 3.30. The second kappa shape index (κ2) is 6.18. The van der Waals surface area contributed by atoms with E-state index >= 15 is 0 Å². The molecule has 1 heterocycles. The molecule has 0 aliphatic carbocycles. The molecular formula is C17H14ClNO3S. The van der Waals surface area contributed by atoms with Gasteiger partial charge >= 0.3 is 0 Å². The molecule has 1 amide bonds. The van der Waals surface area contributed by atoms with Gasteiger partial charge in [0.15, 0.2) is 9.84 Å². The first-order valence-corrected chi connectivity index (χ1v) is 9.11. The summed E-state index contributed by atoms with van der Waals surface area (Å²) in [5.41, 5.74) is 1.11. The molecule has 0 saturated carbocycles. The fourth-order valence-corrected chi connectivity index (χ4v) is 3.90. The third-order valence-corrected chi connectivity index (χ3v) is 5.22. The minimum absolute atomic E-state index is 0.117. The van der Waals surface area contributed by atoms with Crippen molar-refractivity contribution in [1.82, 2.24) is 0 Å². The van der Waals surface area contributed by atoms with E-state index in [1.54, 1.807) is 54.6 Å². The van der Waals surface area contributed by atoms with E-state index in [2.05, 4.69) is 0 Å². The zero-order valence-electron chi connectivity index (χ0n) is 12.1. The molecule has 1 atom stereocenters. The molecule has 6 heteroatoms. The maximum Gasteiger partial charge on any atom is 0.258 e. The monoisotopic (exact) mass is 347 g/mol. The van der Waals surface area contributed by atoms with E-state index in [0.717, 1.165) is 0 Å². The minimum atomic E-state index is -3.27. The lowest BCUT2D eigenvalue weighted by Crippen LogP contribution is -2.41. The first kappa shape index (κ1) is 15.8. The second-order valence-corrected chi connectivity index (χ2v) is 7.61. The fourth-order valence-electron chi connectivity index (χ4n) is 2.50. The molecule has 2 aromatic carbocycles. The summed E-state index contributed by atoms with van der Waals surface area (Å²) in [6.07, 6.45) is 1.55. The highest BCUT2D eigenvalue weighted by Crippen LogP contribution is 2.26. The van der Waals surface area contributed by atoms with Crippen LogP contribution < -0.4 is 4.90 Å². The number of anilines is 1. The van der Waals surface area contributed by atoms with Crippen LogP contribution in [-0.4, -0.2) is 26.1 Å². The number of amides is 1. The Hall–Kier alpha value is -2.11. The summed E-state index contributed by atoms with van der Waals surface area (Å²) in [5, 5.41) is 1.72. The van der Waals surface area contributed by atoms with Crippen LogP contribution in [-0.2, 0) is 9.84 Å². The van der Waals surface area contributed by atoms with Crippen LogP contribution in [0, 0.1) is 0 Å². The maximum atomic E-state index is 12.9. The van der Waals surface area contributed by atoms with Gasteiger partial charge in [-0.1, -0.05) is 29.8 Å². The maximum absolute atomic E-state index is 12.9. The van der Waals surface area contributed by atoms with Gasteiger partial charge in [0, 0.05) is 21.7 Å². The number of hydrogen-bond acceptors (Lipinski definition) is 3. The van der Waals surface area contributed by atoms with Gasteiger partial charge < -0.3 is 4.90 Å². The highest BCUT2D eigenvalue weighted by molar-refractivity contribution is 7.94. The topological polar surface area (TPSA) is 54.5 Å². The third-order valence-electron chi connectivity index (χ3n) is 3.59. The van der Waals surface area contributed by atoms with Crippen molar-refractivity contribution in [2.24, 2.45) is 0 Å². The van der Waals surface area contributed by atoms with E-state index < -0.39 is 15.9 Å². The number of carbonyl (C=O) groups is 1. The molecule has 0 unspecified atom stereocenters. The van der Waals surface area contributed by atoms with E-state index in [4.69, 9.17) is 11.6 Å². The number of nitrogens with zero attached hydrogens (tertiary/aromatic N) is 1. The van der Waals surface area contributed by atoms with Crippen molar-refractivity contribution in [2.75, 3.05) is 10.7 Å². The molecule has 0 aromatic heterocycles. The van der Waals surface area contributed by atoms with Crippen LogP contribution in [0.1, 0.15) is 10.4 Å². The molecule has 3 rings (SSSR count). The van der Waals surface area contributed by atoms with Crippen molar-refractivity contribution in [3.05, 3.63) is 76.7 Å². The van der Waals surface area contributed by atoms with Crippen molar-refractivity contribution < 1.29 is 13.2 Å². The zero-order chi connectivity index (χ0) is 16.4. The molecule has 0 radical (unpaired) electrons. The molecule has 0 fully saturated rings. The molecule has 23 heavy (non-hydrogen) atoms. The van der Waals surface area contributed by atoms with Gasteiger partial charge in [0.1, 0.15) is 0 Å². The molecule has 0 saturated heterocycles. The largest absolute Gasteiger partial charge is 0.300 e. The molecule has 4 nitrogen and oxygen atoms in total. The van der Waals surface area contributed by atoms with Gasteiger partial charge in [0.2, 0.25) is 0 Å². The van der Waals surface area contributed by atoms with Crippen LogP contribution >= 0.6 is 11.6 Å². The van der Waals surface area contributed by atoms with E-state index in [9.17, 15) is 13.2 Å². The van der Waals surface area contributed by atoms with Gasteiger partial charge in [-0.25, -0.2) is 8.42 Å². The van der Waals surface area contributed by atoms with E-state index in [1.807, 2.05) is 6.07 Å². The Morgan fingerprint density at radius 1 is 1.04 bits per heavy atom. The number of benzene rings is 2. The summed E-state index contributed by atoms with van der Waals surface area (Å²) < 4.78 is 23.5. The Labute approximate surface area is 139 Å². The van der Waals surface area contributed by atoms with Crippen LogP contribution in [0.5, 0.6) is 0 Å². The van der Waals surface area contributed by atoms with E-state index in [0.29, 0.717) is 16.3 Å². The molecule has 2 aromatic rings. The van der Waals surface area contributed by atoms with Crippen LogP contribution in [0.25, 0.3) is 0 Å². The van der Waals surface area contributed by atoms with Gasteiger partial charge in [0.05, 0.1) is 11.8 Å². The summed E-state index contributed by atoms with van der Waals surface area (Å²) in [7, 11) is -3.27. The summed E-state index contributed by atoms with van der Waals surface area (Å²) in [6, 6.07) is 15.0. The predicted molar refractivity (Wildman–Crippen MR) is 91.4 cm³/mol. The van der Waals surface area contributed by atoms with Gasteiger partial charge in [0.25, 0.3) is 5.91 Å². The van der Waals surface area contributed by atoms with Gasteiger partial charge in [-0.2, -0.15) is 0 Å².